The van der Waals surface area contributed by atoms with E-state index in [2.05, 4.69) is 43.9 Å². The Bertz CT molecular complexity index is 588. The zero-order valence-electron chi connectivity index (χ0n) is 12.1. The standard InChI is InChI=1S/C18H21NO/c1-4-12-19-16-11-10-15(13-17(16)20)18(2,3)14-8-6-5-7-9-14/h4-11,13,19-20H,1,12H2,2-3H3. The molecule has 0 radical (unpaired) electrons. The van der Waals surface area contributed by atoms with Gasteiger partial charge in [0.25, 0.3) is 0 Å². The number of rotatable bonds is 5. The van der Waals surface area contributed by atoms with Gasteiger partial charge in [0.2, 0.25) is 0 Å². The van der Waals surface area contributed by atoms with Gasteiger partial charge in [-0.2, -0.15) is 0 Å². The predicted molar refractivity (Wildman–Crippen MR) is 85.4 cm³/mol. The lowest BCUT2D eigenvalue weighted by Crippen LogP contribution is -2.18. The van der Waals surface area contributed by atoms with E-state index in [1.807, 2.05) is 30.3 Å². The van der Waals surface area contributed by atoms with Crippen molar-refractivity contribution in [1.29, 1.82) is 0 Å². The summed E-state index contributed by atoms with van der Waals surface area (Å²) >= 11 is 0. The van der Waals surface area contributed by atoms with Gasteiger partial charge >= 0.3 is 0 Å². The lowest BCUT2D eigenvalue weighted by atomic mass is 9.78. The normalized spacial score (nSPS) is 11.1. The van der Waals surface area contributed by atoms with E-state index >= 15 is 0 Å². The minimum Gasteiger partial charge on any atom is -0.506 e. The molecule has 2 nitrogen and oxygen atoms in total. The summed E-state index contributed by atoms with van der Waals surface area (Å²) in [6.07, 6.45) is 1.77. The van der Waals surface area contributed by atoms with Gasteiger partial charge in [0.1, 0.15) is 5.75 Å². The molecule has 0 aliphatic heterocycles. The fourth-order valence-corrected chi connectivity index (χ4v) is 2.27. The average molecular weight is 267 g/mol. The molecule has 0 heterocycles. The first-order chi connectivity index (χ1) is 9.55. The van der Waals surface area contributed by atoms with Gasteiger partial charge in [0.15, 0.2) is 0 Å². The van der Waals surface area contributed by atoms with Crippen LogP contribution >= 0.6 is 0 Å². The molecule has 2 rings (SSSR count). The van der Waals surface area contributed by atoms with Crippen molar-refractivity contribution in [2.75, 3.05) is 11.9 Å². The van der Waals surface area contributed by atoms with Gasteiger partial charge in [-0.25, -0.2) is 0 Å². The Hall–Kier alpha value is -2.22. The van der Waals surface area contributed by atoms with Crippen molar-refractivity contribution >= 4 is 5.69 Å². The lowest BCUT2D eigenvalue weighted by molar-refractivity contribution is 0.474. The summed E-state index contributed by atoms with van der Waals surface area (Å²) in [6, 6.07) is 16.1. The van der Waals surface area contributed by atoms with Crippen molar-refractivity contribution in [2.45, 2.75) is 19.3 Å². The monoisotopic (exact) mass is 267 g/mol. The second-order valence-corrected chi connectivity index (χ2v) is 5.39. The van der Waals surface area contributed by atoms with E-state index in [0.29, 0.717) is 6.54 Å². The molecule has 2 heteroatoms. The summed E-state index contributed by atoms with van der Waals surface area (Å²) in [5.41, 5.74) is 2.91. The number of hydrogen-bond acceptors (Lipinski definition) is 2. The second kappa shape index (κ2) is 5.83. The first kappa shape index (κ1) is 14.2. The molecule has 0 aliphatic rings. The Kier molecular flexibility index (Phi) is 4.14. The molecule has 0 amide bonds. The van der Waals surface area contributed by atoms with Crippen LogP contribution in [0.4, 0.5) is 5.69 Å². The number of phenols is 1. The van der Waals surface area contributed by atoms with Gasteiger partial charge in [-0.3, -0.25) is 0 Å². The summed E-state index contributed by atoms with van der Waals surface area (Å²) in [6.45, 7) is 8.61. The fraction of sp³-hybridized carbons (Fsp3) is 0.222. The average Bonchev–Trinajstić information content (AvgIpc) is 2.47. The van der Waals surface area contributed by atoms with Gasteiger partial charge in [0, 0.05) is 12.0 Å². The molecule has 2 aromatic rings. The van der Waals surface area contributed by atoms with Crippen LogP contribution in [0.2, 0.25) is 0 Å². The highest BCUT2D eigenvalue weighted by Gasteiger charge is 2.23. The van der Waals surface area contributed by atoms with Crippen LogP contribution in [0.15, 0.2) is 61.2 Å². The Morgan fingerprint density at radius 2 is 1.80 bits per heavy atom. The fourth-order valence-electron chi connectivity index (χ4n) is 2.27. The molecule has 2 aromatic carbocycles. The van der Waals surface area contributed by atoms with Crippen LogP contribution in [-0.4, -0.2) is 11.7 Å². The Morgan fingerprint density at radius 3 is 2.40 bits per heavy atom. The zero-order valence-corrected chi connectivity index (χ0v) is 12.1. The van der Waals surface area contributed by atoms with E-state index in [-0.39, 0.29) is 11.2 Å². The minimum absolute atomic E-state index is 0.143. The lowest BCUT2D eigenvalue weighted by Gasteiger charge is -2.26. The van der Waals surface area contributed by atoms with Crippen molar-refractivity contribution in [3.05, 3.63) is 72.3 Å². The number of nitrogens with one attached hydrogen (secondary N) is 1. The molecular weight excluding hydrogens is 246 g/mol. The molecule has 0 unspecified atom stereocenters. The molecule has 2 N–H and O–H groups in total. The summed E-state index contributed by atoms with van der Waals surface area (Å²) in [5, 5.41) is 13.2. The molecule has 0 spiro atoms. The number of hydrogen-bond donors (Lipinski definition) is 2. The van der Waals surface area contributed by atoms with Crippen molar-refractivity contribution in [2.24, 2.45) is 0 Å². The minimum atomic E-state index is -0.143. The topological polar surface area (TPSA) is 32.3 Å². The maximum absolute atomic E-state index is 10.1. The largest absolute Gasteiger partial charge is 0.506 e. The highest BCUT2D eigenvalue weighted by Crippen LogP contribution is 2.35. The molecule has 104 valence electrons. The summed E-state index contributed by atoms with van der Waals surface area (Å²) in [4.78, 5) is 0. The van der Waals surface area contributed by atoms with Crippen LogP contribution in [-0.2, 0) is 5.41 Å². The van der Waals surface area contributed by atoms with Gasteiger partial charge in [-0.05, 0) is 23.3 Å². The second-order valence-electron chi connectivity index (χ2n) is 5.39. The highest BCUT2D eigenvalue weighted by molar-refractivity contribution is 5.59. The van der Waals surface area contributed by atoms with E-state index in [4.69, 9.17) is 0 Å². The predicted octanol–water partition coefficient (Wildman–Crippen LogP) is 4.32. The molecular formula is C18H21NO. The first-order valence-electron chi connectivity index (χ1n) is 6.79. The van der Waals surface area contributed by atoms with Crippen molar-refractivity contribution in [3.8, 4) is 5.75 Å². The van der Waals surface area contributed by atoms with E-state index in [1.165, 1.54) is 5.56 Å². The highest BCUT2D eigenvalue weighted by atomic mass is 16.3. The first-order valence-corrected chi connectivity index (χ1v) is 6.79. The van der Waals surface area contributed by atoms with Crippen LogP contribution < -0.4 is 5.32 Å². The Balaban J connectivity index is 2.33. The van der Waals surface area contributed by atoms with E-state index in [0.717, 1.165) is 11.3 Å². The van der Waals surface area contributed by atoms with Crippen molar-refractivity contribution in [3.63, 3.8) is 0 Å². The molecule has 0 aliphatic carbocycles. The van der Waals surface area contributed by atoms with E-state index in [9.17, 15) is 5.11 Å². The molecule has 0 fully saturated rings. The third-order valence-electron chi connectivity index (χ3n) is 3.65. The van der Waals surface area contributed by atoms with Crippen LogP contribution in [0.3, 0.4) is 0 Å². The quantitative estimate of drug-likeness (QED) is 0.624. The van der Waals surface area contributed by atoms with Crippen LogP contribution in [0.25, 0.3) is 0 Å². The molecule has 0 bridgehead atoms. The maximum Gasteiger partial charge on any atom is 0.138 e. The summed E-state index contributed by atoms with van der Waals surface area (Å²) < 4.78 is 0. The van der Waals surface area contributed by atoms with E-state index in [1.54, 1.807) is 6.08 Å². The van der Waals surface area contributed by atoms with Crippen LogP contribution in [0, 0.1) is 0 Å². The Morgan fingerprint density at radius 1 is 1.10 bits per heavy atom. The molecule has 0 atom stereocenters. The van der Waals surface area contributed by atoms with E-state index < -0.39 is 0 Å². The SMILES string of the molecule is C=CCNc1ccc(C(C)(C)c2ccccc2)cc1O. The van der Waals surface area contributed by atoms with Gasteiger partial charge in [-0.15, -0.1) is 6.58 Å². The van der Waals surface area contributed by atoms with Gasteiger partial charge < -0.3 is 10.4 Å². The summed E-state index contributed by atoms with van der Waals surface area (Å²) in [5.74, 6) is 0.272. The maximum atomic E-state index is 10.1. The van der Waals surface area contributed by atoms with Crippen molar-refractivity contribution in [1.82, 2.24) is 0 Å². The molecule has 0 aromatic heterocycles. The van der Waals surface area contributed by atoms with Crippen LogP contribution in [0.1, 0.15) is 25.0 Å². The van der Waals surface area contributed by atoms with Crippen LogP contribution in [0.5, 0.6) is 5.75 Å². The third kappa shape index (κ3) is 2.85. The molecule has 0 saturated heterocycles. The number of anilines is 1. The zero-order chi connectivity index (χ0) is 14.6. The van der Waals surface area contributed by atoms with Gasteiger partial charge in [0.05, 0.1) is 5.69 Å². The third-order valence-corrected chi connectivity index (χ3v) is 3.65. The summed E-state index contributed by atoms with van der Waals surface area (Å²) in [7, 11) is 0. The molecule has 0 saturated carbocycles. The smallest absolute Gasteiger partial charge is 0.138 e. The number of benzene rings is 2. The van der Waals surface area contributed by atoms with Crippen molar-refractivity contribution < 1.29 is 5.11 Å². The number of aromatic hydroxyl groups is 1. The Labute approximate surface area is 120 Å². The van der Waals surface area contributed by atoms with Gasteiger partial charge in [-0.1, -0.05) is 56.3 Å². The molecule has 20 heavy (non-hydrogen) atoms. The number of phenolic OH excluding ortho intramolecular Hbond substituents is 1.